The highest BCUT2D eigenvalue weighted by atomic mass is 16.6. The first kappa shape index (κ1) is 12.6. The van der Waals surface area contributed by atoms with E-state index in [0.29, 0.717) is 12.0 Å². The minimum Gasteiger partial charge on any atom is -0.457 e. The molecule has 0 radical (unpaired) electrons. The van der Waals surface area contributed by atoms with Crippen molar-refractivity contribution in [3.05, 3.63) is 36.3 Å². The molecule has 1 atom stereocenters. The van der Waals surface area contributed by atoms with Crippen molar-refractivity contribution in [1.82, 2.24) is 4.90 Å². The van der Waals surface area contributed by atoms with Crippen molar-refractivity contribution in [3.8, 4) is 0 Å². The summed E-state index contributed by atoms with van der Waals surface area (Å²) in [6.07, 6.45) is 7.71. The van der Waals surface area contributed by atoms with Gasteiger partial charge in [-0.25, -0.2) is 4.79 Å². The largest absolute Gasteiger partial charge is 0.457 e. The van der Waals surface area contributed by atoms with Crippen molar-refractivity contribution in [2.24, 2.45) is 4.99 Å². The Balaban J connectivity index is 2.27. The summed E-state index contributed by atoms with van der Waals surface area (Å²) in [7, 11) is 0. The van der Waals surface area contributed by atoms with Crippen LogP contribution in [0.1, 0.15) is 27.2 Å². The molecular formula is C14H18N2O2. The Hall–Kier alpha value is -1.84. The van der Waals surface area contributed by atoms with Crippen LogP contribution in [0.3, 0.4) is 0 Å². The van der Waals surface area contributed by atoms with Crippen molar-refractivity contribution < 1.29 is 9.53 Å². The summed E-state index contributed by atoms with van der Waals surface area (Å²) in [6, 6.07) is 0.102. The number of carbonyl (C=O) groups is 1. The summed E-state index contributed by atoms with van der Waals surface area (Å²) >= 11 is 0. The average molecular weight is 246 g/mol. The second-order valence-corrected chi connectivity index (χ2v) is 5.36. The van der Waals surface area contributed by atoms with E-state index in [1.54, 1.807) is 12.4 Å². The molecule has 0 fully saturated rings. The molecule has 0 aliphatic carbocycles. The number of nitrogens with zero attached hydrogens (tertiary/aromatic N) is 2. The van der Waals surface area contributed by atoms with Crippen LogP contribution >= 0.6 is 0 Å². The minimum atomic E-state index is -0.483. The maximum atomic E-state index is 12.2. The number of ether oxygens (including phenoxy) is 1. The summed E-state index contributed by atoms with van der Waals surface area (Å²) in [4.78, 5) is 18.2. The number of allylic oxidation sites excluding steroid dienone is 1. The summed E-state index contributed by atoms with van der Waals surface area (Å²) in [6.45, 7) is 9.39. The molecule has 0 spiro atoms. The van der Waals surface area contributed by atoms with E-state index in [1.165, 1.54) is 0 Å². The van der Waals surface area contributed by atoms with Gasteiger partial charge in [0.25, 0.3) is 0 Å². The second-order valence-electron chi connectivity index (χ2n) is 5.36. The van der Waals surface area contributed by atoms with E-state index in [9.17, 15) is 4.79 Å². The van der Waals surface area contributed by atoms with Crippen LogP contribution in [0.15, 0.2) is 41.3 Å². The summed E-state index contributed by atoms with van der Waals surface area (Å²) in [5.74, 6) is -0.270. The zero-order valence-corrected chi connectivity index (χ0v) is 11.0. The van der Waals surface area contributed by atoms with Crippen LogP contribution in [0.2, 0.25) is 0 Å². The highest BCUT2D eigenvalue weighted by Crippen LogP contribution is 2.31. The number of hydrogen-bond acceptors (Lipinski definition) is 4. The normalized spacial score (nSPS) is 22.2. The van der Waals surface area contributed by atoms with Gasteiger partial charge in [0.15, 0.2) is 0 Å². The van der Waals surface area contributed by atoms with Crippen molar-refractivity contribution in [1.29, 1.82) is 0 Å². The van der Waals surface area contributed by atoms with Gasteiger partial charge in [-0.2, -0.15) is 0 Å². The Labute approximate surface area is 107 Å². The molecule has 0 amide bonds. The Morgan fingerprint density at radius 3 is 2.94 bits per heavy atom. The Morgan fingerprint density at radius 1 is 1.61 bits per heavy atom. The van der Waals surface area contributed by atoms with E-state index in [-0.39, 0.29) is 12.0 Å². The SMILES string of the molecule is C=C[C@H]1CC(C(=O)OC(C)(C)C)=C2C=NC=CN21. The third-order valence-electron chi connectivity index (χ3n) is 2.79. The second kappa shape index (κ2) is 4.44. The Bertz CT molecular complexity index is 467. The van der Waals surface area contributed by atoms with Gasteiger partial charge in [0.1, 0.15) is 5.60 Å². The van der Waals surface area contributed by atoms with Gasteiger partial charge in [0, 0.05) is 18.8 Å². The molecule has 96 valence electrons. The molecule has 2 heterocycles. The Kier molecular flexibility index (Phi) is 3.11. The number of rotatable bonds is 2. The highest BCUT2D eigenvalue weighted by Gasteiger charge is 2.34. The van der Waals surface area contributed by atoms with Gasteiger partial charge in [-0.3, -0.25) is 4.99 Å². The van der Waals surface area contributed by atoms with Gasteiger partial charge in [-0.05, 0) is 20.8 Å². The molecule has 18 heavy (non-hydrogen) atoms. The highest BCUT2D eigenvalue weighted by molar-refractivity contribution is 5.98. The molecule has 0 unspecified atom stereocenters. The lowest BCUT2D eigenvalue weighted by Crippen LogP contribution is -2.25. The van der Waals surface area contributed by atoms with E-state index >= 15 is 0 Å². The number of hydrogen-bond donors (Lipinski definition) is 0. The van der Waals surface area contributed by atoms with Crippen LogP contribution < -0.4 is 0 Å². The van der Waals surface area contributed by atoms with E-state index in [4.69, 9.17) is 4.74 Å². The lowest BCUT2D eigenvalue weighted by Gasteiger charge is -2.23. The zero-order valence-electron chi connectivity index (χ0n) is 11.0. The summed E-state index contributed by atoms with van der Waals surface area (Å²) < 4.78 is 5.42. The van der Waals surface area contributed by atoms with Crippen LogP contribution in [0.4, 0.5) is 0 Å². The number of fused-ring (bicyclic) bond motifs is 1. The van der Waals surface area contributed by atoms with Crippen LogP contribution in [0, 0.1) is 0 Å². The van der Waals surface area contributed by atoms with Gasteiger partial charge in [0.05, 0.1) is 23.5 Å². The van der Waals surface area contributed by atoms with Gasteiger partial charge < -0.3 is 9.64 Å². The first-order chi connectivity index (χ1) is 8.42. The molecule has 0 saturated carbocycles. The topological polar surface area (TPSA) is 41.9 Å². The molecule has 0 aromatic rings. The molecule has 2 aliphatic rings. The fraction of sp³-hybridized carbons (Fsp3) is 0.429. The van der Waals surface area contributed by atoms with Crippen molar-refractivity contribution in [2.45, 2.75) is 38.8 Å². The predicted molar refractivity (Wildman–Crippen MR) is 70.9 cm³/mol. The lowest BCUT2D eigenvalue weighted by atomic mass is 10.1. The maximum Gasteiger partial charge on any atom is 0.336 e. The number of carbonyl (C=O) groups excluding carboxylic acids is 1. The summed E-state index contributed by atoms with van der Waals surface area (Å²) in [5.41, 5.74) is 1.00. The lowest BCUT2D eigenvalue weighted by molar-refractivity contribution is -0.150. The van der Waals surface area contributed by atoms with Crippen LogP contribution in [0.5, 0.6) is 0 Å². The first-order valence-electron chi connectivity index (χ1n) is 5.99. The van der Waals surface area contributed by atoms with E-state index in [1.807, 2.05) is 37.9 Å². The molecule has 0 bridgehead atoms. The average Bonchev–Trinajstić information content (AvgIpc) is 2.65. The number of aliphatic imine (C=N–C) groups is 1. The maximum absolute atomic E-state index is 12.2. The molecule has 4 heteroatoms. The zero-order chi connectivity index (χ0) is 13.3. The predicted octanol–water partition coefficient (Wildman–Crippen LogP) is 2.40. The fourth-order valence-electron chi connectivity index (χ4n) is 2.03. The fourth-order valence-corrected chi connectivity index (χ4v) is 2.03. The standard InChI is InChI=1S/C14H18N2O2/c1-5-10-8-11(13(17)18-14(2,3)4)12-9-15-6-7-16(10)12/h5-7,9-10H,1,8H2,2-4H3/t10-/m0/s1. The molecule has 0 saturated heterocycles. The third kappa shape index (κ3) is 2.37. The monoisotopic (exact) mass is 246 g/mol. The quantitative estimate of drug-likeness (QED) is 0.555. The van der Waals surface area contributed by atoms with E-state index in [2.05, 4.69) is 11.6 Å². The third-order valence-corrected chi connectivity index (χ3v) is 2.79. The van der Waals surface area contributed by atoms with Crippen molar-refractivity contribution in [3.63, 3.8) is 0 Å². The van der Waals surface area contributed by atoms with Crippen LogP contribution in [0.25, 0.3) is 0 Å². The molecule has 4 nitrogen and oxygen atoms in total. The minimum absolute atomic E-state index is 0.102. The molecule has 0 aromatic heterocycles. The molecule has 2 rings (SSSR count). The molecule has 0 aromatic carbocycles. The smallest absolute Gasteiger partial charge is 0.336 e. The van der Waals surface area contributed by atoms with Gasteiger partial charge in [-0.15, -0.1) is 6.58 Å². The van der Waals surface area contributed by atoms with E-state index in [0.717, 1.165) is 5.70 Å². The van der Waals surface area contributed by atoms with Gasteiger partial charge in [-0.1, -0.05) is 6.08 Å². The molecule has 2 aliphatic heterocycles. The van der Waals surface area contributed by atoms with Gasteiger partial charge in [0.2, 0.25) is 0 Å². The van der Waals surface area contributed by atoms with Crippen LogP contribution in [-0.2, 0) is 9.53 Å². The van der Waals surface area contributed by atoms with E-state index < -0.39 is 5.60 Å². The molecule has 0 N–H and O–H groups in total. The van der Waals surface area contributed by atoms with Crippen molar-refractivity contribution >= 4 is 12.2 Å². The summed E-state index contributed by atoms with van der Waals surface area (Å²) in [5, 5.41) is 0. The first-order valence-corrected chi connectivity index (χ1v) is 5.99. The van der Waals surface area contributed by atoms with Gasteiger partial charge >= 0.3 is 5.97 Å². The molecular weight excluding hydrogens is 228 g/mol. The van der Waals surface area contributed by atoms with Crippen molar-refractivity contribution in [2.75, 3.05) is 0 Å². The Morgan fingerprint density at radius 2 is 2.33 bits per heavy atom. The van der Waals surface area contributed by atoms with Crippen LogP contribution in [-0.4, -0.2) is 28.7 Å². The number of esters is 1.